The van der Waals surface area contributed by atoms with E-state index in [4.69, 9.17) is 4.74 Å². The molecule has 1 N–H and O–H groups in total. The molecule has 0 fully saturated rings. The number of aromatic nitrogens is 2. The van der Waals surface area contributed by atoms with Gasteiger partial charge in [-0.25, -0.2) is 9.98 Å². The predicted octanol–water partition coefficient (Wildman–Crippen LogP) is 5.79. The number of hydrogen-bond donors (Lipinski definition) is 2. The van der Waals surface area contributed by atoms with E-state index in [1.54, 1.807) is 29.2 Å². The van der Waals surface area contributed by atoms with Crippen molar-refractivity contribution in [3.05, 3.63) is 63.4 Å². The maximum absolute atomic E-state index is 12.8. The Hall–Kier alpha value is -3.05. The summed E-state index contributed by atoms with van der Waals surface area (Å²) in [6.07, 6.45) is 1.20. The SMILES string of the molecule is COc1cccc(C=Cc2nc3sccn3c2C(=O)NC=NC(=CS)C(F)(F)F)c1C(C)C. The average Bonchev–Trinajstić information content (AvgIpc) is 3.34. The molecular weight excluding hydrogens is 473 g/mol. The number of allylic oxidation sites excluding steroid dienone is 1. The minimum Gasteiger partial charge on any atom is -0.496 e. The number of methoxy groups -OCH3 is 1. The number of fused-ring (bicyclic) bond motifs is 1. The number of rotatable bonds is 7. The Balaban J connectivity index is 1.94. The molecule has 0 unspecified atom stereocenters. The molecule has 1 aromatic carbocycles. The maximum Gasteiger partial charge on any atom is 0.433 e. The fraction of sp³-hybridized carbons (Fsp3) is 0.227. The second-order valence-electron chi connectivity index (χ2n) is 7.10. The molecule has 0 aliphatic carbocycles. The van der Waals surface area contributed by atoms with Crippen molar-refractivity contribution in [1.82, 2.24) is 14.7 Å². The van der Waals surface area contributed by atoms with Gasteiger partial charge in [0, 0.05) is 17.1 Å². The van der Waals surface area contributed by atoms with Crippen molar-refractivity contribution in [2.45, 2.75) is 25.9 Å². The quantitative estimate of drug-likeness (QED) is 0.248. The Morgan fingerprint density at radius 1 is 1.33 bits per heavy atom. The number of benzene rings is 1. The van der Waals surface area contributed by atoms with Gasteiger partial charge >= 0.3 is 6.18 Å². The largest absolute Gasteiger partial charge is 0.496 e. The van der Waals surface area contributed by atoms with Gasteiger partial charge in [0.15, 0.2) is 10.7 Å². The highest BCUT2D eigenvalue weighted by molar-refractivity contribution is 7.83. The Morgan fingerprint density at radius 3 is 2.73 bits per heavy atom. The summed E-state index contributed by atoms with van der Waals surface area (Å²) in [6, 6.07) is 5.68. The van der Waals surface area contributed by atoms with Gasteiger partial charge < -0.3 is 10.1 Å². The molecule has 6 nitrogen and oxygen atoms in total. The van der Waals surface area contributed by atoms with E-state index in [-0.39, 0.29) is 11.6 Å². The number of imidazole rings is 1. The first kappa shape index (κ1) is 24.6. The van der Waals surface area contributed by atoms with Crippen molar-refractivity contribution in [2.24, 2.45) is 4.99 Å². The van der Waals surface area contributed by atoms with Gasteiger partial charge in [-0.3, -0.25) is 9.20 Å². The maximum atomic E-state index is 12.8. The standard InChI is InChI=1S/C22H21F3N4O2S2/c1-13(2)18-14(5-4-6-16(18)31-3)7-8-15-19(29-9-10-33-21(29)28-15)20(30)27-12-26-17(11-32)22(23,24)25/h4-13,32H,1-3H3,(H,26,27,30). The minimum atomic E-state index is -4.68. The number of hydrogen-bond acceptors (Lipinski definition) is 6. The van der Waals surface area contributed by atoms with Gasteiger partial charge in [0.1, 0.15) is 11.4 Å². The average molecular weight is 495 g/mol. The van der Waals surface area contributed by atoms with E-state index in [2.05, 4.69) is 41.8 Å². The number of thiol groups is 1. The Morgan fingerprint density at radius 2 is 2.09 bits per heavy atom. The van der Waals surface area contributed by atoms with Gasteiger partial charge in [-0.05, 0) is 29.0 Å². The van der Waals surface area contributed by atoms with Gasteiger partial charge in [-0.1, -0.05) is 32.1 Å². The van der Waals surface area contributed by atoms with Crippen molar-refractivity contribution < 1.29 is 22.7 Å². The van der Waals surface area contributed by atoms with Crippen LogP contribution >= 0.6 is 24.0 Å². The number of amides is 1. The molecule has 174 valence electrons. The van der Waals surface area contributed by atoms with E-state index in [0.29, 0.717) is 22.4 Å². The zero-order chi connectivity index (χ0) is 24.2. The van der Waals surface area contributed by atoms with Crippen LogP contribution in [0.4, 0.5) is 13.2 Å². The second kappa shape index (κ2) is 10.3. The van der Waals surface area contributed by atoms with Crippen LogP contribution in [0.15, 0.2) is 45.9 Å². The normalized spacial score (nSPS) is 13.0. The Labute approximate surface area is 197 Å². The van der Waals surface area contributed by atoms with Crippen LogP contribution in [0, 0.1) is 0 Å². The molecule has 33 heavy (non-hydrogen) atoms. The molecule has 1 amide bonds. The highest BCUT2D eigenvalue weighted by Crippen LogP contribution is 2.31. The lowest BCUT2D eigenvalue weighted by atomic mass is 9.95. The molecule has 0 atom stereocenters. The monoisotopic (exact) mass is 494 g/mol. The third kappa shape index (κ3) is 5.48. The van der Waals surface area contributed by atoms with Crippen LogP contribution in [0.5, 0.6) is 5.75 Å². The van der Waals surface area contributed by atoms with E-state index in [9.17, 15) is 18.0 Å². The highest BCUT2D eigenvalue weighted by Gasteiger charge is 2.33. The van der Waals surface area contributed by atoms with Crippen LogP contribution in [-0.2, 0) is 0 Å². The van der Waals surface area contributed by atoms with Crippen LogP contribution in [0.1, 0.15) is 47.1 Å². The van der Waals surface area contributed by atoms with Gasteiger partial charge in [0.05, 0.1) is 19.1 Å². The van der Waals surface area contributed by atoms with Crippen LogP contribution in [0.2, 0.25) is 0 Å². The fourth-order valence-electron chi connectivity index (χ4n) is 3.22. The second-order valence-corrected chi connectivity index (χ2v) is 8.23. The summed E-state index contributed by atoms with van der Waals surface area (Å²) in [5.74, 6) is 0.289. The van der Waals surface area contributed by atoms with Crippen molar-refractivity contribution >= 4 is 53.3 Å². The number of alkyl halides is 3. The number of ether oxygens (including phenoxy) is 1. The summed E-state index contributed by atoms with van der Waals surface area (Å²) < 4.78 is 45.4. The third-order valence-electron chi connectivity index (χ3n) is 4.63. The molecular formula is C22H21F3N4O2S2. The fourth-order valence-corrected chi connectivity index (χ4v) is 4.16. The van der Waals surface area contributed by atoms with Crippen LogP contribution < -0.4 is 10.1 Å². The topological polar surface area (TPSA) is 68.0 Å². The van der Waals surface area contributed by atoms with Gasteiger partial charge in [0.2, 0.25) is 0 Å². The molecule has 0 aliphatic heterocycles. The Kier molecular flexibility index (Phi) is 7.65. The number of nitrogens with one attached hydrogen (secondary N) is 1. The number of carbonyl (C=O) groups is 1. The summed E-state index contributed by atoms with van der Waals surface area (Å²) in [6.45, 7) is 4.10. The summed E-state index contributed by atoms with van der Waals surface area (Å²) in [4.78, 5) is 21.1. The number of thiazole rings is 1. The number of aliphatic imine (C=N–C) groups is 1. The molecule has 0 spiro atoms. The molecule has 2 aromatic heterocycles. The first-order chi connectivity index (χ1) is 15.7. The lowest BCUT2D eigenvalue weighted by Crippen LogP contribution is -2.24. The highest BCUT2D eigenvalue weighted by atomic mass is 32.1. The molecule has 2 heterocycles. The number of nitrogens with zero attached hydrogens (tertiary/aromatic N) is 3. The lowest BCUT2D eigenvalue weighted by molar-refractivity contribution is -0.0920. The van der Waals surface area contributed by atoms with E-state index < -0.39 is 17.8 Å². The van der Waals surface area contributed by atoms with Crippen molar-refractivity contribution in [1.29, 1.82) is 0 Å². The summed E-state index contributed by atoms with van der Waals surface area (Å²) in [7, 11) is 1.61. The molecule has 11 heteroatoms. The smallest absolute Gasteiger partial charge is 0.433 e. The predicted molar refractivity (Wildman–Crippen MR) is 128 cm³/mol. The number of carbonyl (C=O) groups excluding carboxylic acids is 1. The molecule has 3 aromatic rings. The van der Waals surface area contributed by atoms with Gasteiger partial charge in [0.25, 0.3) is 5.91 Å². The van der Waals surface area contributed by atoms with Gasteiger partial charge in [-0.2, -0.15) is 13.2 Å². The zero-order valence-corrected chi connectivity index (χ0v) is 19.6. The first-order valence-electron chi connectivity index (χ1n) is 9.72. The lowest BCUT2D eigenvalue weighted by Gasteiger charge is -2.14. The zero-order valence-electron chi connectivity index (χ0n) is 17.9. The summed E-state index contributed by atoms with van der Waals surface area (Å²) >= 11 is 4.84. The molecule has 0 bridgehead atoms. The summed E-state index contributed by atoms with van der Waals surface area (Å²) in [5, 5.41) is 4.55. The van der Waals surface area contributed by atoms with E-state index in [0.717, 1.165) is 16.9 Å². The van der Waals surface area contributed by atoms with Crippen molar-refractivity contribution in [3.63, 3.8) is 0 Å². The van der Waals surface area contributed by atoms with Crippen molar-refractivity contribution in [3.8, 4) is 5.75 Å². The van der Waals surface area contributed by atoms with Gasteiger partial charge in [-0.15, -0.1) is 24.0 Å². The van der Waals surface area contributed by atoms with Crippen LogP contribution in [0.25, 0.3) is 17.1 Å². The van der Waals surface area contributed by atoms with E-state index >= 15 is 0 Å². The van der Waals surface area contributed by atoms with E-state index in [1.165, 1.54) is 11.3 Å². The molecule has 0 radical (unpaired) electrons. The number of halogens is 3. The van der Waals surface area contributed by atoms with Crippen LogP contribution in [-0.4, -0.2) is 34.9 Å². The first-order valence-corrected chi connectivity index (χ1v) is 11.1. The molecule has 0 aliphatic rings. The molecule has 0 saturated carbocycles. The molecule has 3 rings (SSSR count). The third-order valence-corrected chi connectivity index (χ3v) is 5.64. The minimum absolute atomic E-state index is 0.173. The summed E-state index contributed by atoms with van der Waals surface area (Å²) in [5.41, 5.74) is 1.22. The van der Waals surface area contributed by atoms with Crippen molar-refractivity contribution in [2.75, 3.05) is 7.11 Å². The molecule has 0 saturated heterocycles. The Bertz CT molecular complexity index is 1240. The van der Waals surface area contributed by atoms with E-state index in [1.807, 2.05) is 24.3 Å². The van der Waals surface area contributed by atoms with Crippen LogP contribution in [0.3, 0.4) is 0 Å².